The van der Waals surface area contributed by atoms with Crippen molar-refractivity contribution in [2.24, 2.45) is 0 Å². The van der Waals surface area contributed by atoms with Crippen LogP contribution < -0.4 is 5.32 Å². The van der Waals surface area contributed by atoms with Gasteiger partial charge in [0.2, 0.25) is 10.0 Å². The highest BCUT2D eigenvalue weighted by Gasteiger charge is 2.28. The molecule has 1 amide bonds. The van der Waals surface area contributed by atoms with Crippen LogP contribution in [0, 0.1) is 0 Å². The number of benzene rings is 2. The van der Waals surface area contributed by atoms with Crippen LogP contribution in [0.25, 0.3) is 0 Å². The molecule has 1 aliphatic rings. The van der Waals surface area contributed by atoms with Crippen molar-refractivity contribution < 1.29 is 22.0 Å². The van der Waals surface area contributed by atoms with Gasteiger partial charge in [-0.2, -0.15) is 13.1 Å². The van der Waals surface area contributed by atoms with Crippen molar-refractivity contribution in [2.75, 3.05) is 18.4 Å². The lowest BCUT2D eigenvalue weighted by Crippen LogP contribution is -2.28. The maximum atomic E-state index is 12.8. The molecule has 1 saturated heterocycles. The number of rotatable bonds is 6. The van der Waals surface area contributed by atoms with Gasteiger partial charge in [0.25, 0.3) is 11.7 Å². The highest BCUT2D eigenvalue weighted by atomic mass is 35.5. The summed E-state index contributed by atoms with van der Waals surface area (Å²) in [6.45, 7) is 0.840. The summed E-state index contributed by atoms with van der Waals surface area (Å²) in [5, 5.41) is 2.59. The molecule has 0 unspecified atom stereocenters. The van der Waals surface area contributed by atoms with Gasteiger partial charge in [-0.05, 0) is 43.2 Å². The predicted molar refractivity (Wildman–Crippen MR) is 111 cm³/mol. The van der Waals surface area contributed by atoms with Crippen molar-refractivity contribution in [1.82, 2.24) is 4.31 Å². The molecular weight excluding hydrogens is 465 g/mol. The second-order valence-corrected chi connectivity index (χ2v) is 9.95. The molecule has 1 heterocycles. The van der Waals surface area contributed by atoms with E-state index in [1.54, 1.807) is 0 Å². The summed E-state index contributed by atoms with van der Waals surface area (Å²) >= 11 is 12.3. The summed E-state index contributed by atoms with van der Waals surface area (Å²) in [6, 6.07) is 8.21. The average molecular weight is 481 g/mol. The lowest BCUT2D eigenvalue weighted by Gasteiger charge is -2.17. The molecule has 0 aliphatic carbocycles. The molecule has 3 rings (SSSR count). The summed E-state index contributed by atoms with van der Waals surface area (Å²) < 4.78 is 52.5. The Hall–Kier alpha value is -1.39. The van der Waals surface area contributed by atoms with Crippen molar-refractivity contribution in [3.63, 3.8) is 0 Å². The lowest BCUT2D eigenvalue weighted by atomic mass is 10.2. The fraction of sp³-hybridized carbons (Fsp3) is 0.278. The normalized spacial score (nSPS) is 15.1. The zero-order chi connectivity index (χ0) is 21.2. The highest BCUT2D eigenvalue weighted by Crippen LogP contribution is 2.38. The Balaban J connectivity index is 1.92. The Morgan fingerprint density at radius 3 is 2.45 bits per heavy atom. The summed E-state index contributed by atoms with van der Waals surface area (Å²) in [6.07, 6.45) is 1.55. The number of thioether (sulfide) groups is 1. The molecule has 29 heavy (non-hydrogen) atoms. The van der Waals surface area contributed by atoms with E-state index in [-0.39, 0.29) is 42.8 Å². The summed E-state index contributed by atoms with van der Waals surface area (Å²) in [5.74, 6) is -3.46. The van der Waals surface area contributed by atoms with E-state index >= 15 is 0 Å². The van der Waals surface area contributed by atoms with E-state index < -0.39 is 21.7 Å². The quantitative estimate of drug-likeness (QED) is 0.566. The molecule has 0 bridgehead atoms. The number of sulfonamides is 1. The van der Waals surface area contributed by atoms with Gasteiger partial charge in [0.1, 0.15) is 0 Å². The molecule has 156 valence electrons. The van der Waals surface area contributed by atoms with Crippen LogP contribution in [0.1, 0.15) is 23.2 Å². The van der Waals surface area contributed by atoms with Crippen molar-refractivity contribution in [2.45, 2.75) is 28.4 Å². The number of halogens is 4. The van der Waals surface area contributed by atoms with Gasteiger partial charge >= 0.3 is 0 Å². The average Bonchev–Trinajstić information content (AvgIpc) is 3.20. The third-order valence-corrected chi connectivity index (χ3v) is 7.81. The first kappa shape index (κ1) is 22.3. The number of nitrogens with one attached hydrogen (secondary N) is 1. The molecule has 2 aromatic carbocycles. The van der Waals surface area contributed by atoms with E-state index in [1.807, 2.05) is 0 Å². The Morgan fingerprint density at radius 2 is 1.79 bits per heavy atom. The Morgan fingerprint density at radius 1 is 1.10 bits per heavy atom. The van der Waals surface area contributed by atoms with Crippen molar-refractivity contribution in [3.8, 4) is 0 Å². The van der Waals surface area contributed by atoms with Gasteiger partial charge in [-0.15, -0.1) is 0 Å². The van der Waals surface area contributed by atoms with Crippen LogP contribution in [0.5, 0.6) is 0 Å². The molecule has 1 N–H and O–H groups in total. The maximum Gasteiger partial charge on any atom is 0.289 e. The van der Waals surface area contributed by atoms with Gasteiger partial charge in [0.05, 0.1) is 31.1 Å². The smallest absolute Gasteiger partial charge is 0.289 e. The Kier molecular flexibility index (Phi) is 7.06. The molecule has 0 aromatic heterocycles. The monoisotopic (exact) mass is 480 g/mol. The van der Waals surface area contributed by atoms with Crippen molar-refractivity contribution >= 4 is 56.6 Å². The van der Waals surface area contributed by atoms with E-state index in [0.717, 1.165) is 12.8 Å². The first-order valence-corrected chi connectivity index (χ1v) is 11.6. The zero-order valence-corrected chi connectivity index (χ0v) is 18.0. The van der Waals surface area contributed by atoms with Gasteiger partial charge in [-0.3, -0.25) is 4.79 Å². The standard InChI is InChI=1S/C18H16Cl2F2N2O3S2/c19-13-7-6-11(29(26,27)24-8-1-2-9-24)10-12(13)17(25)23-15-5-3-4-14(20)16(15)28-18(21)22/h3-7,10,18H,1-2,8-9H2,(H,23,25). The molecule has 0 spiro atoms. The van der Waals surface area contributed by atoms with Gasteiger partial charge < -0.3 is 5.32 Å². The van der Waals surface area contributed by atoms with Crippen molar-refractivity contribution in [1.29, 1.82) is 0 Å². The largest absolute Gasteiger partial charge is 0.321 e. The number of hydrogen-bond donors (Lipinski definition) is 1. The van der Waals surface area contributed by atoms with Crippen LogP contribution in [0.3, 0.4) is 0 Å². The number of alkyl halides is 2. The van der Waals surface area contributed by atoms with Crippen LogP contribution in [-0.4, -0.2) is 37.5 Å². The van der Waals surface area contributed by atoms with E-state index in [4.69, 9.17) is 23.2 Å². The number of amides is 1. The summed E-state index contributed by atoms with van der Waals surface area (Å²) in [7, 11) is -3.74. The van der Waals surface area contributed by atoms with Gasteiger partial charge in [-0.1, -0.05) is 41.0 Å². The number of hydrogen-bond acceptors (Lipinski definition) is 4. The van der Waals surface area contributed by atoms with E-state index in [2.05, 4.69) is 5.32 Å². The molecule has 0 saturated carbocycles. The third-order valence-electron chi connectivity index (χ3n) is 4.31. The Labute approximate surface area is 181 Å². The number of anilines is 1. The minimum atomic E-state index is -3.74. The number of carbonyl (C=O) groups is 1. The highest BCUT2D eigenvalue weighted by molar-refractivity contribution is 7.99. The minimum Gasteiger partial charge on any atom is -0.321 e. The number of carbonyl (C=O) groups excluding carboxylic acids is 1. The maximum absolute atomic E-state index is 12.8. The minimum absolute atomic E-state index is 0.00878. The van der Waals surface area contributed by atoms with Crippen LogP contribution in [0.15, 0.2) is 46.2 Å². The van der Waals surface area contributed by atoms with Gasteiger partial charge in [0, 0.05) is 13.1 Å². The van der Waals surface area contributed by atoms with E-state index in [9.17, 15) is 22.0 Å². The molecule has 2 aromatic rings. The molecule has 5 nitrogen and oxygen atoms in total. The van der Waals surface area contributed by atoms with Crippen LogP contribution >= 0.6 is 35.0 Å². The van der Waals surface area contributed by atoms with Crippen LogP contribution in [-0.2, 0) is 10.0 Å². The molecule has 1 fully saturated rings. The van der Waals surface area contributed by atoms with Crippen LogP contribution in [0.4, 0.5) is 14.5 Å². The SMILES string of the molecule is O=C(Nc1cccc(Cl)c1SC(F)F)c1cc(S(=O)(=O)N2CCCC2)ccc1Cl. The summed E-state index contributed by atoms with van der Waals surface area (Å²) in [4.78, 5) is 12.7. The molecule has 0 atom stereocenters. The van der Waals surface area contributed by atoms with Gasteiger partial charge in [-0.25, -0.2) is 8.42 Å². The van der Waals surface area contributed by atoms with Gasteiger partial charge in [0.15, 0.2) is 0 Å². The molecule has 0 radical (unpaired) electrons. The predicted octanol–water partition coefficient (Wildman–Crippen LogP) is 5.34. The second-order valence-electron chi connectivity index (χ2n) is 6.20. The fourth-order valence-electron chi connectivity index (χ4n) is 2.92. The van der Waals surface area contributed by atoms with Crippen molar-refractivity contribution in [3.05, 3.63) is 52.0 Å². The van der Waals surface area contributed by atoms with E-state index in [0.29, 0.717) is 13.1 Å². The zero-order valence-electron chi connectivity index (χ0n) is 14.9. The summed E-state index contributed by atoms with van der Waals surface area (Å²) in [5.41, 5.74) is -0.00317. The fourth-order valence-corrected chi connectivity index (χ4v) is 5.58. The topological polar surface area (TPSA) is 66.5 Å². The van der Waals surface area contributed by atoms with Crippen LogP contribution in [0.2, 0.25) is 10.0 Å². The Bertz CT molecular complexity index is 1030. The lowest BCUT2D eigenvalue weighted by molar-refractivity contribution is 0.102. The third kappa shape index (κ3) is 5.03. The molecular formula is C18H16Cl2F2N2O3S2. The second kappa shape index (κ2) is 9.18. The molecule has 11 heteroatoms. The molecule has 1 aliphatic heterocycles. The van der Waals surface area contributed by atoms with E-state index in [1.165, 1.54) is 40.7 Å². The first-order chi connectivity index (χ1) is 13.7. The first-order valence-electron chi connectivity index (χ1n) is 8.54. The number of nitrogens with zero attached hydrogens (tertiary/aromatic N) is 1.